The summed E-state index contributed by atoms with van der Waals surface area (Å²) < 4.78 is 0. The third-order valence-corrected chi connectivity index (χ3v) is 3.15. The lowest BCUT2D eigenvalue weighted by atomic mass is 10.4. The number of rotatable bonds is 7. The van der Waals surface area contributed by atoms with E-state index in [1.807, 2.05) is 13.0 Å². The van der Waals surface area contributed by atoms with Crippen LogP contribution in [0.15, 0.2) is 12.3 Å². The molecule has 0 saturated carbocycles. The van der Waals surface area contributed by atoms with Gasteiger partial charge in [-0.15, -0.1) is 0 Å². The molecule has 0 unspecified atom stereocenters. The lowest BCUT2D eigenvalue weighted by Gasteiger charge is -2.14. The Balaban J connectivity index is 1.67. The minimum Gasteiger partial charge on any atom is -0.370 e. The van der Waals surface area contributed by atoms with Gasteiger partial charge < -0.3 is 15.5 Å². The van der Waals surface area contributed by atoms with Crippen LogP contribution in [-0.4, -0.2) is 47.6 Å². The SMILES string of the molecule is CCNc1nccc(NCCCN2CCCC2)n1. The van der Waals surface area contributed by atoms with Crippen molar-refractivity contribution >= 4 is 11.8 Å². The lowest BCUT2D eigenvalue weighted by Crippen LogP contribution is -2.22. The van der Waals surface area contributed by atoms with E-state index in [2.05, 4.69) is 25.5 Å². The largest absolute Gasteiger partial charge is 0.370 e. The molecule has 0 radical (unpaired) electrons. The summed E-state index contributed by atoms with van der Waals surface area (Å²) in [6.07, 6.45) is 5.69. The van der Waals surface area contributed by atoms with Crippen LogP contribution in [0.4, 0.5) is 11.8 Å². The molecule has 2 N–H and O–H groups in total. The lowest BCUT2D eigenvalue weighted by molar-refractivity contribution is 0.337. The number of nitrogens with one attached hydrogen (secondary N) is 2. The molecule has 2 heterocycles. The summed E-state index contributed by atoms with van der Waals surface area (Å²) in [4.78, 5) is 11.1. The van der Waals surface area contributed by atoms with Gasteiger partial charge in [-0.25, -0.2) is 4.98 Å². The van der Waals surface area contributed by atoms with E-state index in [9.17, 15) is 0 Å². The predicted molar refractivity (Wildman–Crippen MR) is 75.0 cm³/mol. The number of likely N-dealkylation sites (tertiary alicyclic amines) is 1. The van der Waals surface area contributed by atoms with Gasteiger partial charge in [0.1, 0.15) is 5.82 Å². The van der Waals surface area contributed by atoms with Gasteiger partial charge in [0.15, 0.2) is 0 Å². The fraction of sp³-hybridized carbons (Fsp3) is 0.692. The first-order chi connectivity index (χ1) is 8.88. The summed E-state index contributed by atoms with van der Waals surface area (Å²) >= 11 is 0. The van der Waals surface area contributed by atoms with Gasteiger partial charge in [0, 0.05) is 19.3 Å². The van der Waals surface area contributed by atoms with Gasteiger partial charge in [-0.3, -0.25) is 0 Å². The highest BCUT2D eigenvalue weighted by Crippen LogP contribution is 2.08. The molecular formula is C13H23N5. The summed E-state index contributed by atoms with van der Waals surface area (Å²) in [5.74, 6) is 1.60. The van der Waals surface area contributed by atoms with Gasteiger partial charge in [-0.05, 0) is 51.9 Å². The maximum absolute atomic E-state index is 4.38. The topological polar surface area (TPSA) is 53.1 Å². The van der Waals surface area contributed by atoms with Crippen molar-refractivity contribution < 1.29 is 0 Å². The van der Waals surface area contributed by atoms with Crippen molar-refractivity contribution in [3.63, 3.8) is 0 Å². The van der Waals surface area contributed by atoms with E-state index in [0.717, 1.165) is 18.9 Å². The normalized spacial score (nSPS) is 15.8. The highest BCUT2D eigenvalue weighted by molar-refractivity contribution is 5.39. The second-order valence-electron chi connectivity index (χ2n) is 4.62. The van der Waals surface area contributed by atoms with Gasteiger partial charge in [0.05, 0.1) is 0 Å². The fourth-order valence-electron chi connectivity index (χ4n) is 2.23. The van der Waals surface area contributed by atoms with Crippen LogP contribution in [0.3, 0.4) is 0 Å². The van der Waals surface area contributed by atoms with Crippen molar-refractivity contribution in [2.45, 2.75) is 26.2 Å². The molecule has 0 aromatic carbocycles. The van der Waals surface area contributed by atoms with Crippen LogP contribution < -0.4 is 10.6 Å². The van der Waals surface area contributed by atoms with Crippen molar-refractivity contribution in [1.82, 2.24) is 14.9 Å². The smallest absolute Gasteiger partial charge is 0.224 e. The standard InChI is InChI=1S/C13H23N5/c1-2-14-13-16-8-6-12(17-13)15-7-5-11-18-9-3-4-10-18/h6,8H,2-5,7,9-11H2,1H3,(H2,14,15,16,17). The summed E-state index contributed by atoms with van der Waals surface area (Å²) in [7, 11) is 0. The Labute approximate surface area is 109 Å². The molecule has 0 aliphatic carbocycles. The Morgan fingerprint density at radius 1 is 1.28 bits per heavy atom. The summed E-state index contributed by atoms with van der Waals surface area (Å²) in [5, 5.41) is 6.46. The molecule has 18 heavy (non-hydrogen) atoms. The van der Waals surface area contributed by atoms with Crippen LogP contribution in [0.2, 0.25) is 0 Å². The maximum atomic E-state index is 4.38. The zero-order chi connectivity index (χ0) is 12.6. The second kappa shape index (κ2) is 7.16. The fourth-order valence-corrected chi connectivity index (χ4v) is 2.23. The van der Waals surface area contributed by atoms with E-state index in [-0.39, 0.29) is 0 Å². The highest BCUT2D eigenvalue weighted by Gasteiger charge is 2.09. The monoisotopic (exact) mass is 249 g/mol. The molecule has 1 aromatic heterocycles. The Morgan fingerprint density at radius 2 is 2.11 bits per heavy atom. The Bertz CT molecular complexity index is 349. The van der Waals surface area contributed by atoms with Crippen LogP contribution in [0.5, 0.6) is 0 Å². The van der Waals surface area contributed by atoms with E-state index in [1.165, 1.54) is 38.9 Å². The minimum atomic E-state index is 0.696. The molecule has 1 aliphatic rings. The quantitative estimate of drug-likeness (QED) is 0.722. The molecule has 0 spiro atoms. The van der Waals surface area contributed by atoms with Crippen molar-refractivity contribution in [3.05, 3.63) is 12.3 Å². The first-order valence-corrected chi connectivity index (χ1v) is 6.91. The molecule has 0 bridgehead atoms. The third kappa shape index (κ3) is 4.14. The van der Waals surface area contributed by atoms with Crippen LogP contribution in [-0.2, 0) is 0 Å². The van der Waals surface area contributed by atoms with Crippen molar-refractivity contribution in [2.24, 2.45) is 0 Å². The van der Waals surface area contributed by atoms with Gasteiger partial charge in [-0.1, -0.05) is 0 Å². The first-order valence-electron chi connectivity index (χ1n) is 6.91. The zero-order valence-corrected chi connectivity index (χ0v) is 11.2. The molecule has 2 rings (SSSR count). The maximum Gasteiger partial charge on any atom is 0.224 e. The van der Waals surface area contributed by atoms with E-state index < -0.39 is 0 Å². The van der Waals surface area contributed by atoms with E-state index >= 15 is 0 Å². The van der Waals surface area contributed by atoms with E-state index in [0.29, 0.717) is 5.95 Å². The molecule has 1 aliphatic heterocycles. The third-order valence-electron chi connectivity index (χ3n) is 3.15. The van der Waals surface area contributed by atoms with Gasteiger partial charge in [-0.2, -0.15) is 4.98 Å². The summed E-state index contributed by atoms with van der Waals surface area (Å²) in [6.45, 7) is 7.60. The average Bonchev–Trinajstić information content (AvgIpc) is 2.89. The molecule has 5 heteroatoms. The number of hydrogen-bond acceptors (Lipinski definition) is 5. The zero-order valence-electron chi connectivity index (χ0n) is 11.2. The van der Waals surface area contributed by atoms with Crippen molar-refractivity contribution in [3.8, 4) is 0 Å². The van der Waals surface area contributed by atoms with Crippen LogP contribution in [0, 0.1) is 0 Å². The van der Waals surface area contributed by atoms with E-state index in [1.54, 1.807) is 6.20 Å². The Kier molecular flexibility index (Phi) is 5.20. The van der Waals surface area contributed by atoms with Crippen LogP contribution in [0.1, 0.15) is 26.2 Å². The molecule has 5 nitrogen and oxygen atoms in total. The molecule has 1 fully saturated rings. The number of nitrogens with zero attached hydrogens (tertiary/aromatic N) is 3. The molecule has 0 atom stereocenters. The Morgan fingerprint density at radius 3 is 2.89 bits per heavy atom. The highest BCUT2D eigenvalue weighted by atomic mass is 15.1. The molecule has 100 valence electrons. The summed E-state index contributed by atoms with van der Waals surface area (Å²) in [5.41, 5.74) is 0. The van der Waals surface area contributed by atoms with Gasteiger partial charge >= 0.3 is 0 Å². The average molecular weight is 249 g/mol. The van der Waals surface area contributed by atoms with Crippen LogP contribution >= 0.6 is 0 Å². The minimum absolute atomic E-state index is 0.696. The molecule has 1 aromatic rings. The van der Waals surface area contributed by atoms with Crippen molar-refractivity contribution in [1.29, 1.82) is 0 Å². The first kappa shape index (κ1) is 13.1. The molecule has 1 saturated heterocycles. The predicted octanol–water partition coefficient (Wildman–Crippen LogP) is 1.81. The van der Waals surface area contributed by atoms with Gasteiger partial charge in [0.25, 0.3) is 0 Å². The summed E-state index contributed by atoms with van der Waals surface area (Å²) in [6, 6.07) is 1.91. The molecule has 0 amide bonds. The number of hydrogen-bond donors (Lipinski definition) is 2. The number of aromatic nitrogens is 2. The second-order valence-corrected chi connectivity index (χ2v) is 4.62. The Hall–Kier alpha value is -1.36. The molecular weight excluding hydrogens is 226 g/mol. The van der Waals surface area contributed by atoms with Crippen molar-refractivity contribution in [2.75, 3.05) is 43.4 Å². The van der Waals surface area contributed by atoms with Gasteiger partial charge in [0.2, 0.25) is 5.95 Å². The van der Waals surface area contributed by atoms with E-state index in [4.69, 9.17) is 0 Å². The number of anilines is 2. The van der Waals surface area contributed by atoms with Crippen LogP contribution in [0.25, 0.3) is 0 Å².